The number of hydrogen-bond acceptors (Lipinski definition) is 4. The highest BCUT2D eigenvalue weighted by atomic mass is 16.5. The molecular formula is C12H12N2O4. The number of H-pyrrole nitrogens is 1. The molecule has 3 rings (SSSR count). The molecule has 2 aromatic rings. The van der Waals surface area contributed by atoms with Gasteiger partial charge in [-0.25, -0.2) is 4.79 Å². The molecule has 0 unspecified atom stereocenters. The summed E-state index contributed by atoms with van der Waals surface area (Å²) in [6.45, 7) is 2.31. The Bertz CT molecular complexity index is 637. The van der Waals surface area contributed by atoms with Crippen molar-refractivity contribution in [1.82, 2.24) is 9.88 Å². The van der Waals surface area contributed by atoms with E-state index < -0.39 is 5.76 Å². The molecule has 1 N–H and O–H groups in total. The largest absolute Gasteiger partial charge is 0.417 e. The summed E-state index contributed by atoms with van der Waals surface area (Å²) in [5.74, 6) is -0.579. The summed E-state index contributed by atoms with van der Waals surface area (Å²) in [5.41, 5.74) is 1.52. The highest BCUT2D eigenvalue weighted by Crippen LogP contribution is 2.14. The number of aromatic nitrogens is 1. The third-order valence-corrected chi connectivity index (χ3v) is 2.97. The van der Waals surface area contributed by atoms with Gasteiger partial charge < -0.3 is 14.1 Å². The fourth-order valence-corrected chi connectivity index (χ4v) is 2.03. The topological polar surface area (TPSA) is 75.5 Å². The Morgan fingerprint density at radius 1 is 1.28 bits per heavy atom. The molecule has 0 saturated carbocycles. The number of nitrogens with zero attached hydrogens (tertiary/aromatic N) is 1. The Labute approximate surface area is 102 Å². The van der Waals surface area contributed by atoms with Crippen molar-refractivity contribution in [3.05, 3.63) is 34.3 Å². The first-order valence-corrected chi connectivity index (χ1v) is 5.74. The van der Waals surface area contributed by atoms with E-state index in [0.717, 1.165) is 0 Å². The van der Waals surface area contributed by atoms with Crippen LogP contribution in [-0.4, -0.2) is 42.1 Å². The van der Waals surface area contributed by atoms with Crippen molar-refractivity contribution < 1.29 is 13.9 Å². The van der Waals surface area contributed by atoms with Gasteiger partial charge in [-0.2, -0.15) is 0 Å². The number of oxazole rings is 1. The van der Waals surface area contributed by atoms with E-state index in [1.165, 1.54) is 0 Å². The highest BCUT2D eigenvalue weighted by molar-refractivity contribution is 5.97. The predicted octanol–water partition coefficient (Wildman–Crippen LogP) is 0.593. The number of benzene rings is 1. The zero-order valence-corrected chi connectivity index (χ0v) is 9.64. The average Bonchev–Trinajstić information content (AvgIpc) is 2.78. The monoisotopic (exact) mass is 248 g/mol. The maximum Gasteiger partial charge on any atom is 0.417 e. The predicted molar refractivity (Wildman–Crippen MR) is 63.6 cm³/mol. The quantitative estimate of drug-likeness (QED) is 0.801. The number of nitrogens with one attached hydrogen (secondary N) is 1. The van der Waals surface area contributed by atoms with Gasteiger partial charge in [0.2, 0.25) is 0 Å². The Balaban J connectivity index is 1.92. The number of fused-ring (bicyclic) bond motifs is 1. The molecule has 0 aliphatic carbocycles. The Hall–Kier alpha value is -2.08. The molecule has 1 saturated heterocycles. The Kier molecular flexibility index (Phi) is 2.64. The lowest BCUT2D eigenvalue weighted by molar-refractivity contribution is 0.0303. The van der Waals surface area contributed by atoms with E-state index in [1.54, 1.807) is 23.1 Å². The summed E-state index contributed by atoms with van der Waals surface area (Å²) in [5, 5.41) is 0. The van der Waals surface area contributed by atoms with Gasteiger partial charge >= 0.3 is 5.76 Å². The molecule has 0 bridgehead atoms. The number of aromatic amines is 1. The molecule has 0 atom stereocenters. The van der Waals surface area contributed by atoms with E-state index in [-0.39, 0.29) is 5.91 Å². The molecule has 6 nitrogen and oxygen atoms in total. The van der Waals surface area contributed by atoms with E-state index in [4.69, 9.17) is 9.15 Å². The smallest absolute Gasteiger partial charge is 0.408 e. The normalized spacial score (nSPS) is 16.1. The zero-order valence-electron chi connectivity index (χ0n) is 9.64. The fourth-order valence-electron chi connectivity index (χ4n) is 2.03. The third-order valence-electron chi connectivity index (χ3n) is 2.97. The molecule has 1 aromatic carbocycles. The molecular weight excluding hydrogens is 236 g/mol. The number of rotatable bonds is 1. The number of carbonyl (C=O) groups excluding carboxylic acids is 1. The van der Waals surface area contributed by atoms with Gasteiger partial charge in [-0.15, -0.1) is 0 Å². The lowest BCUT2D eigenvalue weighted by atomic mass is 10.1. The third kappa shape index (κ3) is 1.91. The number of carbonyl (C=O) groups is 1. The van der Waals surface area contributed by atoms with Crippen LogP contribution in [0.15, 0.2) is 27.4 Å². The first-order chi connectivity index (χ1) is 8.74. The van der Waals surface area contributed by atoms with Gasteiger partial charge in [0.25, 0.3) is 5.91 Å². The van der Waals surface area contributed by atoms with Crippen LogP contribution in [0.25, 0.3) is 11.1 Å². The molecule has 1 fully saturated rings. The second kappa shape index (κ2) is 4.30. The first-order valence-electron chi connectivity index (χ1n) is 5.74. The highest BCUT2D eigenvalue weighted by Gasteiger charge is 2.19. The van der Waals surface area contributed by atoms with Gasteiger partial charge in [0, 0.05) is 18.7 Å². The van der Waals surface area contributed by atoms with Crippen LogP contribution >= 0.6 is 0 Å². The van der Waals surface area contributed by atoms with Crippen molar-refractivity contribution in [3.63, 3.8) is 0 Å². The molecule has 1 amide bonds. The van der Waals surface area contributed by atoms with Crippen molar-refractivity contribution in [3.8, 4) is 0 Å². The van der Waals surface area contributed by atoms with Gasteiger partial charge in [-0.1, -0.05) is 0 Å². The minimum Gasteiger partial charge on any atom is -0.408 e. The summed E-state index contributed by atoms with van der Waals surface area (Å²) in [7, 11) is 0. The Morgan fingerprint density at radius 2 is 2.06 bits per heavy atom. The molecule has 0 spiro atoms. The second-order valence-corrected chi connectivity index (χ2v) is 4.13. The van der Waals surface area contributed by atoms with Crippen molar-refractivity contribution in [2.75, 3.05) is 26.3 Å². The van der Waals surface area contributed by atoms with Crippen LogP contribution in [0.5, 0.6) is 0 Å². The van der Waals surface area contributed by atoms with Gasteiger partial charge in [0.05, 0.1) is 18.7 Å². The maximum absolute atomic E-state index is 12.2. The molecule has 0 radical (unpaired) electrons. The Morgan fingerprint density at radius 3 is 2.83 bits per heavy atom. The number of morpholine rings is 1. The van der Waals surface area contributed by atoms with Crippen LogP contribution in [0.4, 0.5) is 0 Å². The van der Waals surface area contributed by atoms with Crippen LogP contribution < -0.4 is 5.76 Å². The van der Waals surface area contributed by atoms with Crippen LogP contribution in [0.3, 0.4) is 0 Å². The van der Waals surface area contributed by atoms with Crippen molar-refractivity contribution in [2.45, 2.75) is 0 Å². The molecule has 2 heterocycles. The van der Waals surface area contributed by atoms with E-state index in [1.807, 2.05) is 0 Å². The van der Waals surface area contributed by atoms with Gasteiger partial charge in [-0.05, 0) is 18.2 Å². The molecule has 94 valence electrons. The average molecular weight is 248 g/mol. The van der Waals surface area contributed by atoms with E-state index in [2.05, 4.69) is 4.98 Å². The van der Waals surface area contributed by atoms with Gasteiger partial charge in [0.15, 0.2) is 5.58 Å². The number of hydrogen-bond donors (Lipinski definition) is 1. The summed E-state index contributed by atoms with van der Waals surface area (Å²) >= 11 is 0. The zero-order chi connectivity index (χ0) is 12.5. The minimum absolute atomic E-state index is 0.0657. The molecule has 1 aliphatic heterocycles. The standard InChI is InChI=1S/C12H12N2O4/c15-11(14-3-5-17-6-4-14)8-1-2-9-10(7-8)18-12(16)13-9/h1-2,7H,3-6H2,(H,13,16). The lowest BCUT2D eigenvalue weighted by Gasteiger charge is -2.26. The van der Waals surface area contributed by atoms with Gasteiger partial charge in [-0.3, -0.25) is 9.78 Å². The summed E-state index contributed by atoms with van der Waals surface area (Å²) in [6, 6.07) is 4.95. The molecule has 6 heteroatoms. The van der Waals surface area contributed by atoms with E-state index >= 15 is 0 Å². The second-order valence-electron chi connectivity index (χ2n) is 4.13. The summed E-state index contributed by atoms with van der Waals surface area (Å²) in [4.78, 5) is 27.5. The van der Waals surface area contributed by atoms with E-state index in [0.29, 0.717) is 43.0 Å². The van der Waals surface area contributed by atoms with Crippen LogP contribution in [0.1, 0.15) is 10.4 Å². The van der Waals surface area contributed by atoms with Crippen molar-refractivity contribution >= 4 is 17.0 Å². The molecule has 18 heavy (non-hydrogen) atoms. The van der Waals surface area contributed by atoms with Crippen LogP contribution in [-0.2, 0) is 4.74 Å². The van der Waals surface area contributed by atoms with Crippen molar-refractivity contribution in [1.29, 1.82) is 0 Å². The lowest BCUT2D eigenvalue weighted by Crippen LogP contribution is -2.40. The van der Waals surface area contributed by atoms with E-state index in [9.17, 15) is 9.59 Å². The summed E-state index contributed by atoms with van der Waals surface area (Å²) in [6.07, 6.45) is 0. The summed E-state index contributed by atoms with van der Waals surface area (Å²) < 4.78 is 10.1. The van der Waals surface area contributed by atoms with Crippen molar-refractivity contribution in [2.24, 2.45) is 0 Å². The minimum atomic E-state index is -0.513. The maximum atomic E-state index is 12.2. The SMILES string of the molecule is O=C(c1ccc2[nH]c(=O)oc2c1)N1CCOCC1. The fraction of sp³-hybridized carbons (Fsp3) is 0.333. The van der Waals surface area contributed by atoms with Gasteiger partial charge in [0.1, 0.15) is 0 Å². The molecule has 1 aliphatic rings. The molecule has 1 aromatic heterocycles. The number of ether oxygens (including phenoxy) is 1. The number of amides is 1. The first kappa shape index (κ1) is 11.0. The van der Waals surface area contributed by atoms with Crippen LogP contribution in [0.2, 0.25) is 0 Å². The van der Waals surface area contributed by atoms with Crippen LogP contribution in [0, 0.1) is 0 Å².